The van der Waals surface area contributed by atoms with Crippen molar-refractivity contribution in [1.29, 1.82) is 0 Å². The van der Waals surface area contributed by atoms with Gasteiger partial charge in [0.25, 0.3) is 0 Å². The molecule has 0 saturated heterocycles. The normalized spacial score (nSPS) is 13.6. The van der Waals surface area contributed by atoms with Gasteiger partial charge in [0.05, 0.1) is 6.61 Å². The molecule has 42 heavy (non-hydrogen) atoms. The first kappa shape index (κ1) is 41.2. The van der Waals surface area contributed by atoms with Crippen molar-refractivity contribution in [2.75, 3.05) is 6.61 Å². The van der Waals surface area contributed by atoms with Crippen molar-refractivity contribution in [2.45, 2.75) is 214 Å². The van der Waals surface area contributed by atoms with Gasteiger partial charge in [-0.25, -0.2) is 4.79 Å². The molecule has 0 aromatic rings. The number of carbonyl (C=O) groups excluding carboxylic acids is 1. The summed E-state index contributed by atoms with van der Waals surface area (Å²) in [7, 11) is 0. The van der Waals surface area contributed by atoms with Gasteiger partial charge in [0.1, 0.15) is 0 Å². The van der Waals surface area contributed by atoms with Gasteiger partial charge in [-0.15, -0.1) is 0 Å². The van der Waals surface area contributed by atoms with E-state index in [0.29, 0.717) is 18.1 Å². The summed E-state index contributed by atoms with van der Waals surface area (Å²) in [5.41, 5.74) is 0.517. The first-order valence-electron chi connectivity index (χ1n) is 19.2. The zero-order valence-electron chi connectivity index (χ0n) is 29.8. The van der Waals surface area contributed by atoms with Crippen LogP contribution >= 0.6 is 0 Å². The lowest BCUT2D eigenvalue weighted by atomic mass is 9.89. The van der Waals surface area contributed by atoms with Crippen molar-refractivity contribution in [3.05, 3.63) is 12.2 Å². The molecule has 2 nitrogen and oxygen atoms in total. The number of ether oxygens (including phenoxy) is 1. The summed E-state index contributed by atoms with van der Waals surface area (Å²) in [5.74, 6) is 1.91. The Labute approximate surface area is 266 Å². The number of unbranched alkanes of at least 4 members (excludes halogenated alkanes) is 19. The summed E-state index contributed by atoms with van der Waals surface area (Å²) in [5, 5.41) is 0. The molecule has 0 aliphatic heterocycles. The standard InChI is InChI=1S/C40H78O2/c1-7-9-11-13-15-17-19-21-23-25-29-37(5)31-27-28-32-39(35-42-40(41)36(3)4)34-33-38(6)30-26-24-22-20-18-16-14-12-10-8-2/h37-39H,3,7-35H2,1-2,4-6H3. The van der Waals surface area contributed by atoms with Crippen LogP contribution in [0.15, 0.2) is 12.2 Å². The molecule has 250 valence electrons. The average Bonchev–Trinajstić information content (AvgIpc) is 2.97. The highest BCUT2D eigenvalue weighted by Crippen LogP contribution is 2.25. The zero-order chi connectivity index (χ0) is 31.1. The number of hydrogen-bond acceptors (Lipinski definition) is 2. The van der Waals surface area contributed by atoms with Crippen LogP contribution in [-0.4, -0.2) is 12.6 Å². The van der Waals surface area contributed by atoms with Crippen LogP contribution in [0.3, 0.4) is 0 Å². The van der Waals surface area contributed by atoms with E-state index in [2.05, 4.69) is 34.3 Å². The summed E-state index contributed by atoms with van der Waals surface area (Å²) >= 11 is 0. The highest BCUT2D eigenvalue weighted by Gasteiger charge is 2.15. The Hall–Kier alpha value is -0.790. The number of hydrogen-bond donors (Lipinski definition) is 0. The largest absolute Gasteiger partial charge is 0.462 e. The van der Waals surface area contributed by atoms with Crippen molar-refractivity contribution in [3.8, 4) is 0 Å². The molecule has 0 heterocycles. The predicted octanol–water partition coefficient (Wildman–Crippen LogP) is 14.0. The predicted molar refractivity (Wildman–Crippen MR) is 188 cm³/mol. The van der Waals surface area contributed by atoms with E-state index < -0.39 is 0 Å². The maximum Gasteiger partial charge on any atom is 0.333 e. The van der Waals surface area contributed by atoms with Crippen LogP contribution in [0.5, 0.6) is 0 Å². The van der Waals surface area contributed by atoms with Crippen LogP contribution in [0, 0.1) is 17.8 Å². The van der Waals surface area contributed by atoms with Gasteiger partial charge in [-0.05, 0) is 37.5 Å². The fourth-order valence-corrected chi connectivity index (χ4v) is 6.32. The van der Waals surface area contributed by atoms with E-state index in [-0.39, 0.29) is 5.97 Å². The Morgan fingerprint density at radius 2 is 0.833 bits per heavy atom. The molecule has 0 aromatic heterocycles. The highest BCUT2D eigenvalue weighted by molar-refractivity contribution is 5.86. The van der Waals surface area contributed by atoms with Gasteiger partial charge in [0.15, 0.2) is 0 Å². The van der Waals surface area contributed by atoms with E-state index in [4.69, 9.17) is 4.74 Å². The first-order valence-corrected chi connectivity index (χ1v) is 19.2. The van der Waals surface area contributed by atoms with Gasteiger partial charge in [0, 0.05) is 5.57 Å². The average molecular weight is 591 g/mol. The topological polar surface area (TPSA) is 26.3 Å². The minimum Gasteiger partial charge on any atom is -0.462 e. The SMILES string of the molecule is C=C(C)C(=O)OCC(CCCCC(C)CCCCCCCCCCCC)CCC(C)CCCCCCCCCCCC. The molecule has 3 unspecified atom stereocenters. The highest BCUT2D eigenvalue weighted by atomic mass is 16.5. The Kier molecular flexibility index (Phi) is 31.0. The van der Waals surface area contributed by atoms with Gasteiger partial charge in [-0.2, -0.15) is 0 Å². The van der Waals surface area contributed by atoms with Crippen LogP contribution < -0.4 is 0 Å². The molecule has 0 aromatic carbocycles. The van der Waals surface area contributed by atoms with E-state index in [9.17, 15) is 4.79 Å². The van der Waals surface area contributed by atoms with Crippen molar-refractivity contribution < 1.29 is 9.53 Å². The second-order valence-corrected chi connectivity index (χ2v) is 14.3. The van der Waals surface area contributed by atoms with Crippen molar-refractivity contribution in [3.63, 3.8) is 0 Å². The quantitative estimate of drug-likeness (QED) is 0.0431. The van der Waals surface area contributed by atoms with E-state index in [0.717, 1.165) is 11.8 Å². The fourth-order valence-electron chi connectivity index (χ4n) is 6.32. The summed E-state index contributed by atoms with van der Waals surface area (Å²) < 4.78 is 5.62. The van der Waals surface area contributed by atoms with Crippen LogP contribution in [0.2, 0.25) is 0 Å². The summed E-state index contributed by atoms with van der Waals surface area (Å²) in [6.45, 7) is 15.6. The Balaban J connectivity index is 4.02. The Bertz CT molecular complexity index is 582. The summed E-state index contributed by atoms with van der Waals surface area (Å²) in [4.78, 5) is 12.0. The number of carbonyl (C=O) groups is 1. The lowest BCUT2D eigenvalue weighted by Crippen LogP contribution is -2.16. The van der Waals surface area contributed by atoms with Crippen molar-refractivity contribution in [2.24, 2.45) is 17.8 Å². The maximum absolute atomic E-state index is 12.0. The summed E-state index contributed by atoms with van der Waals surface area (Å²) in [6, 6.07) is 0. The van der Waals surface area contributed by atoms with Gasteiger partial charge in [-0.1, -0.05) is 201 Å². The molecule has 0 N–H and O–H groups in total. The lowest BCUT2D eigenvalue weighted by molar-refractivity contribution is -0.140. The van der Waals surface area contributed by atoms with Crippen LogP contribution in [0.1, 0.15) is 214 Å². The third-order valence-electron chi connectivity index (χ3n) is 9.53. The molecule has 0 rings (SSSR count). The molecular formula is C40H78O2. The van der Waals surface area contributed by atoms with E-state index in [1.54, 1.807) is 6.92 Å². The smallest absolute Gasteiger partial charge is 0.333 e. The molecule has 3 atom stereocenters. The second kappa shape index (κ2) is 31.6. The Morgan fingerprint density at radius 3 is 1.24 bits per heavy atom. The Morgan fingerprint density at radius 1 is 0.500 bits per heavy atom. The van der Waals surface area contributed by atoms with Crippen LogP contribution in [-0.2, 0) is 9.53 Å². The molecule has 2 heteroatoms. The monoisotopic (exact) mass is 591 g/mol. The van der Waals surface area contributed by atoms with E-state index in [1.807, 2.05) is 0 Å². The van der Waals surface area contributed by atoms with Crippen molar-refractivity contribution >= 4 is 5.97 Å². The van der Waals surface area contributed by atoms with Crippen LogP contribution in [0.4, 0.5) is 0 Å². The van der Waals surface area contributed by atoms with Crippen LogP contribution in [0.25, 0.3) is 0 Å². The second-order valence-electron chi connectivity index (χ2n) is 14.3. The van der Waals surface area contributed by atoms with Gasteiger partial charge >= 0.3 is 5.97 Å². The zero-order valence-corrected chi connectivity index (χ0v) is 29.8. The molecule has 0 spiro atoms. The number of esters is 1. The molecule has 0 saturated carbocycles. The maximum atomic E-state index is 12.0. The lowest BCUT2D eigenvalue weighted by Gasteiger charge is -2.20. The minimum atomic E-state index is -0.219. The molecule has 0 bridgehead atoms. The third kappa shape index (κ3) is 29.3. The third-order valence-corrected chi connectivity index (χ3v) is 9.53. The van der Waals surface area contributed by atoms with Gasteiger partial charge in [-0.3, -0.25) is 0 Å². The molecule has 0 fully saturated rings. The van der Waals surface area contributed by atoms with Crippen molar-refractivity contribution in [1.82, 2.24) is 0 Å². The van der Waals surface area contributed by atoms with E-state index >= 15 is 0 Å². The first-order chi connectivity index (χ1) is 20.4. The summed E-state index contributed by atoms with van der Waals surface area (Å²) in [6.07, 6.45) is 38.7. The van der Waals surface area contributed by atoms with E-state index in [1.165, 1.54) is 180 Å². The molecule has 0 aliphatic carbocycles. The molecular weight excluding hydrogens is 512 g/mol. The molecule has 0 amide bonds. The number of rotatable bonds is 33. The fraction of sp³-hybridized carbons (Fsp3) is 0.925. The minimum absolute atomic E-state index is 0.219. The van der Waals surface area contributed by atoms with Gasteiger partial charge < -0.3 is 4.74 Å². The van der Waals surface area contributed by atoms with Gasteiger partial charge in [0.2, 0.25) is 0 Å². The molecule has 0 aliphatic rings. The molecule has 0 radical (unpaired) electrons.